The maximum atomic E-state index is 13.5. The molecule has 0 bridgehead atoms. The predicted molar refractivity (Wildman–Crippen MR) is 145 cm³/mol. The molecule has 1 aliphatic rings. The number of nitrogens with zero attached hydrogens (tertiary/aromatic N) is 5. The molecule has 0 radical (unpaired) electrons. The minimum absolute atomic E-state index is 0.0493. The maximum absolute atomic E-state index is 13.5. The summed E-state index contributed by atoms with van der Waals surface area (Å²) in [5.74, 6) is -0.956. The second-order valence-corrected chi connectivity index (χ2v) is 10.5. The summed E-state index contributed by atoms with van der Waals surface area (Å²) >= 11 is 3.30. The summed E-state index contributed by atoms with van der Waals surface area (Å²) < 4.78 is 42.8. The third-order valence-electron chi connectivity index (χ3n) is 6.81. The molecular weight excluding hydrogens is 589 g/mol. The van der Waals surface area contributed by atoms with E-state index in [9.17, 15) is 22.8 Å². The molecule has 2 aromatic heterocycles. The number of carbonyl (C=O) groups is 2. The highest BCUT2D eigenvalue weighted by atomic mass is 79.9. The standard InChI is InChI=1S/C28H22BrF3N6O2/c1-15-25(35-26(39)22-10-24(28(30,31)32)34-23-8-7-20(29)9-21(22)23)16(2)38(36-15)14-17-3-5-19(6-4-17)27(40)37-12-18(11-33)13-37/h3-10,18H,12-14H2,1-2H3,(H,35,39). The minimum Gasteiger partial charge on any atom is -0.336 e. The van der Waals surface area contributed by atoms with Gasteiger partial charge in [-0.05, 0) is 55.8 Å². The Morgan fingerprint density at radius 1 is 1.12 bits per heavy atom. The first-order valence-electron chi connectivity index (χ1n) is 12.2. The zero-order valence-electron chi connectivity index (χ0n) is 21.4. The zero-order chi connectivity index (χ0) is 28.8. The molecule has 1 fully saturated rings. The molecular formula is C28H22BrF3N6O2. The smallest absolute Gasteiger partial charge is 0.336 e. The first-order valence-corrected chi connectivity index (χ1v) is 13.0. The van der Waals surface area contributed by atoms with Gasteiger partial charge in [-0.1, -0.05) is 28.1 Å². The SMILES string of the molecule is Cc1nn(Cc2ccc(C(=O)N3CC(C#N)C3)cc2)c(C)c1NC(=O)c1cc(C(F)(F)F)nc2ccc(Br)cc12. The van der Waals surface area contributed by atoms with Gasteiger partial charge in [-0.25, -0.2) is 4.98 Å². The van der Waals surface area contributed by atoms with Crippen LogP contribution in [0.5, 0.6) is 0 Å². The van der Waals surface area contributed by atoms with E-state index >= 15 is 0 Å². The van der Waals surface area contributed by atoms with Crippen molar-refractivity contribution in [3.05, 3.63) is 86.8 Å². The Hall–Kier alpha value is -4.24. The van der Waals surface area contributed by atoms with Crippen molar-refractivity contribution in [2.45, 2.75) is 26.6 Å². The number of carbonyl (C=O) groups excluding carboxylic acids is 2. The number of hydrogen-bond donors (Lipinski definition) is 1. The Balaban J connectivity index is 1.36. The Morgan fingerprint density at radius 2 is 1.82 bits per heavy atom. The van der Waals surface area contributed by atoms with E-state index in [4.69, 9.17) is 5.26 Å². The predicted octanol–water partition coefficient (Wildman–Crippen LogP) is 5.73. The van der Waals surface area contributed by atoms with Crippen molar-refractivity contribution in [2.24, 2.45) is 5.92 Å². The lowest BCUT2D eigenvalue weighted by Crippen LogP contribution is -2.49. The fraction of sp³-hybridized carbons (Fsp3) is 0.250. The number of hydrogen-bond acceptors (Lipinski definition) is 5. The van der Waals surface area contributed by atoms with Crippen molar-refractivity contribution < 1.29 is 22.8 Å². The maximum Gasteiger partial charge on any atom is 0.433 e. The summed E-state index contributed by atoms with van der Waals surface area (Å²) in [5, 5.41) is 16.4. The fourth-order valence-electron chi connectivity index (χ4n) is 4.58. The Bertz CT molecular complexity index is 1690. The minimum atomic E-state index is -4.72. The van der Waals surface area contributed by atoms with Gasteiger partial charge >= 0.3 is 6.18 Å². The molecule has 0 unspecified atom stereocenters. The lowest BCUT2D eigenvalue weighted by atomic mass is 10.0. The lowest BCUT2D eigenvalue weighted by molar-refractivity contribution is -0.141. The molecule has 0 aliphatic carbocycles. The van der Waals surface area contributed by atoms with Crippen LogP contribution in [-0.2, 0) is 12.7 Å². The molecule has 8 nitrogen and oxygen atoms in total. The van der Waals surface area contributed by atoms with Gasteiger partial charge in [0, 0.05) is 28.5 Å². The molecule has 1 saturated heterocycles. The van der Waals surface area contributed by atoms with Crippen LogP contribution in [0.2, 0.25) is 0 Å². The lowest BCUT2D eigenvalue weighted by Gasteiger charge is -2.35. The molecule has 4 aromatic rings. The summed E-state index contributed by atoms with van der Waals surface area (Å²) in [6.07, 6.45) is -4.72. The Kier molecular flexibility index (Phi) is 7.10. The second-order valence-electron chi connectivity index (χ2n) is 9.60. The van der Waals surface area contributed by atoms with Gasteiger partial charge in [0.2, 0.25) is 0 Å². The number of alkyl halides is 3. The summed E-state index contributed by atoms with van der Waals surface area (Å²) in [6, 6.07) is 14.5. The quantitative estimate of drug-likeness (QED) is 0.311. The van der Waals surface area contributed by atoms with Crippen LogP contribution >= 0.6 is 15.9 Å². The van der Waals surface area contributed by atoms with Crippen LogP contribution in [-0.4, -0.2) is 44.6 Å². The van der Waals surface area contributed by atoms with Gasteiger partial charge in [-0.2, -0.15) is 23.5 Å². The topological polar surface area (TPSA) is 104 Å². The highest BCUT2D eigenvalue weighted by molar-refractivity contribution is 9.10. The van der Waals surface area contributed by atoms with Crippen LogP contribution in [0.15, 0.2) is 53.0 Å². The average molecular weight is 611 g/mol. The van der Waals surface area contributed by atoms with Gasteiger partial charge in [0.1, 0.15) is 5.69 Å². The number of amides is 2. The number of aryl methyl sites for hydroxylation is 1. The van der Waals surface area contributed by atoms with Crippen LogP contribution in [0.3, 0.4) is 0 Å². The zero-order valence-corrected chi connectivity index (χ0v) is 23.0. The Morgan fingerprint density at radius 3 is 2.48 bits per heavy atom. The van der Waals surface area contributed by atoms with Gasteiger partial charge < -0.3 is 10.2 Å². The molecule has 204 valence electrons. The van der Waals surface area contributed by atoms with Crippen LogP contribution < -0.4 is 5.32 Å². The molecule has 1 N–H and O–H groups in total. The third-order valence-corrected chi connectivity index (χ3v) is 7.30. The van der Waals surface area contributed by atoms with Crippen molar-refractivity contribution in [2.75, 3.05) is 18.4 Å². The molecule has 1 aliphatic heterocycles. The Labute approximate surface area is 235 Å². The number of anilines is 1. The van der Waals surface area contributed by atoms with E-state index in [0.717, 1.165) is 11.6 Å². The highest BCUT2D eigenvalue weighted by Crippen LogP contribution is 2.33. The number of benzene rings is 2. The van der Waals surface area contributed by atoms with Crippen LogP contribution in [0, 0.1) is 31.1 Å². The molecule has 2 amide bonds. The van der Waals surface area contributed by atoms with E-state index < -0.39 is 17.8 Å². The second kappa shape index (κ2) is 10.4. The number of rotatable bonds is 5. The molecule has 12 heteroatoms. The van der Waals surface area contributed by atoms with E-state index in [1.165, 1.54) is 6.07 Å². The summed E-state index contributed by atoms with van der Waals surface area (Å²) in [7, 11) is 0. The van der Waals surface area contributed by atoms with Crippen molar-refractivity contribution in [1.29, 1.82) is 5.26 Å². The van der Waals surface area contributed by atoms with E-state index in [1.807, 2.05) is 12.1 Å². The number of fused-ring (bicyclic) bond motifs is 1. The molecule has 0 saturated carbocycles. The first-order chi connectivity index (χ1) is 18.9. The van der Waals surface area contributed by atoms with Crippen molar-refractivity contribution >= 4 is 44.3 Å². The molecule has 0 atom stereocenters. The molecule has 2 aromatic carbocycles. The van der Waals surface area contributed by atoms with Crippen LogP contribution in [0.25, 0.3) is 10.9 Å². The summed E-state index contributed by atoms with van der Waals surface area (Å²) in [6.45, 7) is 4.67. The van der Waals surface area contributed by atoms with Crippen LogP contribution in [0.1, 0.15) is 43.4 Å². The van der Waals surface area contributed by atoms with Gasteiger partial charge in [0.15, 0.2) is 0 Å². The normalized spacial score (nSPS) is 13.7. The third kappa shape index (κ3) is 5.29. The van der Waals surface area contributed by atoms with Gasteiger partial charge in [0.25, 0.3) is 11.8 Å². The number of halogens is 4. The molecule has 40 heavy (non-hydrogen) atoms. The van der Waals surface area contributed by atoms with E-state index in [-0.39, 0.29) is 28.3 Å². The van der Waals surface area contributed by atoms with Crippen molar-refractivity contribution in [1.82, 2.24) is 19.7 Å². The van der Waals surface area contributed by atoms with Crippen molar-refractivity contribution in [3.8, 4) is 6.07 Å². The van der Waals surface area contributed by atoms with E-state index in [2.05, 4.69) is 37.4 Å². The summed E-state index contributed by atoms with van der Waals surface area (Å²) in [5.41, 5.74) is 1.63. The van der Waals surface area contributed by atoms with Gasteiger partial charge in [0.05, 0.1) is 46.7 Å². The average Bonchev–Trinajstić information content (AvgIpc) is 3.14. The van der Waals surface area contributed by atoms with Gasteiger partial charge in [-0.15, -0.1) is 0 Å². The number of aromatic nitrogens is 3. The monoisotopic (exact) mass is 610 g/mol. The van der Waals surface area contributed by atoms with E-state index in [1.54, 1.807) is 47.7 Å². The first kappa shape index (κ1) is 27.3. The van der Waals surface area contributed by atoms with Gasteiger partial charge in [-0.3, -0.25) is 14.3 Å². The largest absolute Gasteiger partial charge is 0.433 e. The summed E-state index contributed by atoms with van der Waals surface area (Å²) in [4.78, 5) is 31.2. The van der Waals surface area contributed by atoms with E-state index in [0.29, 0.717) is 46.7 Å². The fourth-order valence-corrected chi connectivity index (χ4v) is 4.94. The highest BCUT2D eigenvalue weighted by Gasteiger charge is 2.34. The number of likely N-dealkylation sites (tertiary alicyclic amines) is 1. The number of nitriles is 1. The molecule has 0 spiro atoms. The number of nitrogens with one attached hydrogen (secondary N) is 1. The molecule has 3 heterocycles. The molecule has 5 rings (SSSR count). The van der Waals surface area contributed by atoms with Crippen LogP contribution in [0.4, 0.5) is 18.9 Å². The van der Waals surface area contributed by atoms with Crippen molar-refractivity contribution in [3.63, 3.8) is 0 Å². The number of pyridine rings is 1.